The zero-order chi connectivity index (χ0) is 13.9. The van der Waals surface area contributed by atoms with Gasteiger partial charge in [-0.15, -0.1) is 22.7 Å². The maximum atomic E-state index is 13.1. The molecule has 0 bridgehead atoms. The van der Waals surface area contributed by atoms with E-state index in [0.717, 1.165) is 5.69 Å². The summed E-state index contributed by atoms with van der Waals surface area (Å²) in [5.74, 6) is -0.329. The van der Waals surface area contributed by atoms with Crippen LogP contribution in [0, 0.1) is 5.82 Å². The van der Waals surface area contributed by atoms with E-state index < -0.39 is 0 Å². The van der Waals surface area contributed by atoms with E-state index in [1.807, 2.05) is 22.9 Å². The van der Waals surface area contributed by atoms with Crippen molar-refractivity contribution in [2.45, 2.75) is 6.04 Å². The minimum atomic E-state index is -0.329. The summed E-state index contributed by atoms with van der Waals surface area (Å²) in [4.78, 5) is 2.40. The van der Waals surface area contributed by atoms with Crippen LogP contribution in [0.25, 0.3) is 0 Å². The first-order valence-corrected chi connectivity index (χ1v) is 8.16. The Morgan fingerprint density at radius 1 is 1.00 bits per heavy atom. The lowest BCUT2D eigenvalue weighted by Gasteiger charge is -2.18. The Morgan fingerprint density at radius 3 is 2.15 bits per heavy atom. The molecule has 0 aliphatic heterocycles. The molecule has 2 heterocycles. The molecule has 0 atom stereocenters. The first-order chi connectivity index (χ1) is 9.74. The van der Waals surface area contributed by atoms with Crippen molar-refractivity contribution in [1.82, 2.24) is 0 Å². The van der Waals surface area contributed by atoms with Crippen molar-refractivity contribution in [2.24, 2.45) is 0 Å². The molecule has 1 nitrogen and oxygen atoms in total. The number of anilines is 1. The highest BCUT2D eigenvalue weighted by Crippen LogP contribution is 2.34. The third-order valence-electron chi connectivity index (χ3n) is 2.89. The normalized spacial score (nSPS) is 10.9. The molecule has 2 aromatic heterocycles. The van der Waals surface area contributed by atoms with Crippen LogP contribution in [-0.2, 0) is 0 Å². The highest BCUT2D eigenvalue weighted by molar-refractivity contribution is 7.11. The van der Waals surface area contributed by atoms with Gasteiger partial charge in [-0.3, -0.25) is 0 Å². The Labute approximate surface area is 129 Å². The largest absolute Gasteiger partial charge is 0.372 e. The second-order valence-corrected chi connectivity index (χ2v) is 6.60. The zero-order valence-corrected chi connectivity index (χ0v) is 12.7. The van der Waals surface area contributed by atoms with Crippen molar-refractivity contribution in [3.05, 3.63) is 73.8 Å². The topological polar surface area (TPSA) is 12.0 Å². The maximum absolute atomic E-state index is 13.1. The molecule has 0 fully saturated rings. The molecule has 0 unspecified atom stereocenters. The molecule has 1 N–H and O–H groups in total. The van der Waals surface area contributed by atoms with Crippen LogP contribution in [0.2, 0.25) is 5.02 Å². The van der Waals surface area contributed by atoms with Crippen LogP contribution >= 0.6 is 34.3 Å². The summed E-state index contributed by atoms with van der Waals surface area (Å²) in [6.07, 6.45) is 0. The predicted octanol–water partition coefficient (Wildman–Crippen LogP) is 5.80. The minimum absolute atomic E-state index is 0.0398. The SMILES string of the molecule is Fc1ccc(NC(c2cccs2)c2cccs2)c(Cl)c1. The van der Waals surface area contributed by atoms with Crippen molar-refractivity contribution in [2.75, 3.05) is 5.32 Å². The zero-order valence-electron chi connectivity index (χ0n) is 10.3. The van der Waals surface area contributed by atoms with Gasteiger partial charge in [0.2, 0.25) is 0 Å². The molecule has 1 aromatic carbocycles. The molecule has 0 amide bonds. The standard InChI is InChI=1S/C15H11ClFNS2/c16-11-9-10(17)5-6-12(11)18-15(13-3-1-7-19-13)14-4-2-8-20-14/h1-9,15,18H. The van der Waals surface area contributed by atoms with Gasteiger partial charge in [-0.05, 0) is 41.1 Å². The van der Waals surface area contributed by atoms with Crippen molar-refractivity contribution in [3.63, 3.8) is 0 Å². The number of nitrogens with one attached hydrogen (secondary N) is 1. The summed E-state index contributed by atoms with van der Waals surface area (Å²) in [6, 6.07) is 12.7. The fourth-order valence-electron chi connectivity index (χ4n) is 1.96. The second kappa shape index (κ2) is 5.95. The van der Waals surface area contributed by atoms with Gasteiger partial charge in [0.05, 0.1) is 16.8 Å². The van der Waals surface area contributed by atoms with Crippen LogP contribution in [-0.4, -0.2) is 0 Å². The third-order valence-corrected chi connectivity index (χ3v) is 5.07. The van der Waals surface area contributed by atoms with Gasteiger partial charge >= 0.3 is 0 Å². The number of hydrogen-bond acceptors (Lipinski definition) is 3. The molecule has 20 heavy (non-hydrogen) atoms. The Bertz CT molecular complexity index is 646. The van der Waals surface area contributed by atoms with Gasteiger partial charge < -0.3 is 5.32 Å². The molecule has 0 aliphatic carbocycles. The van der Waals surface area contributed by atoms with Crippen LogP contribution in [0.3, 0.4) is 0 Å². The second-order valence-electron chi connectivity index (χ2n) is 4.23. The number of thiophene rings is 2. The monoisotopic (exact) mass is 323 g/mol. The molecule has 102 valence electrons. The summed E-state index contributed by atoms with van der Waals surface area (Å²) in [5, 5.41) is 7.88. The van der Waals surface area contributed by atoms with Crippen molar-refractivity contribution in [1.29, 1.82) is 0 Å². The van der Waals surface area contributed by atoms with E-state index in [0.29, 0.717) is 5.02 Å². The molecule has 0 saturated carbocycles. The number of halogens is 2. The molecule has 5 heteroatoms. The van der Waals surface area contributed by atoms with Crippen LogP contribution in [0.5, 0.6) is 0 Å². The van der Waals surface area contributed by atoms with E-state index in [2.05, 4.69) is 17.4 Å². The van der Waals surface area contributed by atoms with Gasteiger partial charge in [-0.25, -0.2) is 4.39 Å². The maximum Gasteiger partial charge on any atom is 0.124 e. The molecule has 3 aromatic rings. The first-order valence-electron chi connectivity index (χ1n) is 6.02. The lowest BCUT2D eigenvalue weighted by molar-refractivity contribution is 0.628. The van der Waals surface area contributed by atoms with E-state index in [4.69, 9.17) is 11.6 Å². The quantitative estimate of drug-likeness (QED) is 0.639. The van der Waals surface area contributed by atoms with E-state index in [-0.39, 0.29) is 11.9 Å². The lowest BCUT2D eigenvalue weighted by atomic mass is 10.2. The van der Waals surface area contributed by atoms with Gasteiger partial charge in [0, 0.05) is 9.75 Å². The lowest BCUT2D eigenvalue weighted by Crippen LogP contribution is -2.09. The smallest absolute Gasteiger partial charge is 0.124 e. The predicted molar refractivity (Wildman–Crippen MR) is 85.5 cm³/mol. The average Bonchev–Trinajstić information content (AvgIpc) is 3.11. The fourth-order valence-corrected chi connectivity index (χ4v) is 3.84. The van der Waals surface area contributed by atoms with Gasteiger partial charge in [0.1, 0.15) is 5.82 Å². The van der Waals surface area contributed by atoms with Crippen LogP contribution < -0.4 is 5.32 Å². The summed E-state index contributed by atoms with van der Waals surface area (Å²) >= 11 is 9.47. The van der Waals surface area contributed by atoms with Crippen molar-refractivity contribution < 1.29 is 4.39 Å². The Balaban J connectivity index is 1.95. The van der Waals surface area contributed by atoms with Crippen LogP contribution in [0.15, 0.2) is 53.2 Å². The molecule has 0 radical (unpaired) electrons. The van der Waals surface area contributed by atoms with E-state index in [1.54, 1.807) is 28.7 Å². The van der Waals surface area contributed by atoms with Gasteiger partial charge in [0.25, 0.3) is 0 Å². The van der Waals surface area contributed by atoms with E-state index >= 15 is 0 Å². The number of benzene rings is 1. The fraction of sp³-hybridized carbons (Fsp3) is 0.0667. The van der Waals surface area contributed by atoms with Crippen molar-refractivity contribution >= 4 is 40.0 Å². The summed E-state index contributed by atoms with van der Waals surface area (Å²) in [7, 11) is 0. The van der Waals surface area contributed by atoms with Gasteiger partial charge in [-0.1, -0.05) is 23.7 Å². The van der Waals surface area contributed by atoms with Gasteiger partial charge in [0.15, 0.2) is 0 Å². The molecule has 3 rings (SSSR count). The summed E-state index contributed by atoms with van der Waals surface area (Å²) in [5.41, 5.74) is 0.736. The third kappa shape index (κ3) is 2.87. The van der Waals surface area contributed by atoms with E-state index in [1.165, 1.54) is 21.9 Å². The Morgan fingerprint density at radius 2 is 1.65 bits per heavy atom. The summed E-state index contributed by atoms with van der Waals surface area (Å²) < 4.78 is 13.1. The van der Waals surface area contributed by atoms with Gasteiger partial charge in [-0.2, -0.15) is 0 Å². The molecule has 0 spiro atoms. The molecule has 0 saturated heterocycles. The molecule has 0 aliphatic rings. The molecular weight excluding hydrogens is 313 g/mol. The van der Waals surface area contributed by atoms with Crippen molar-refractivity contribution in [3.8, 4) is 0 Å². The first kappa shape index (κ1) is 13.6. The highest BCUT2D eigenvalue weighted by Gasteiger charge is 2.17. The number of rotatable bonds is 4. The Kier molecular flexibility index (Phi) is 4.05. The molecular formula is C15H11ClFNS2. The van der Waals surface area contributed by atoms with E-state index in [9.17, 15) is 4.39 Å². The minimum Gasteiger partial charge on any atom is -0.372 e. The van der Waals surface area contributed by atoms with Crippen LogP contribution in [0.4, 0.5) is 10.1 Å². The highest BCUT2D eigenvalue weighted by atomic mass is 35.5. The number of hydrogen-bond donors (Lipinski definition) is 1. The Hall–Kier alpha value is -1.36. The van der Waals surface area contributed by atoms with Crippen LogP contribution in [0.1, 0.15) is 15.8 Å². The average molecular weight is 324 g/mol. The summed E-state index contributed by atoms with van der Waals surface area (Å²) in [6.45, 7) is 0.